The van der Waals surface area contributed by atoms with E-state index in [1.54, 1.807) is 18.2 Å². The van der Waals surface area contributed by atoms with Gasteiger partial charge in [0.1, 0.15) is 12.4 Å². The lowest BCUT2D eigenvalue weighted by molar-refractivity contribution is -0.121. The van der Waals surface area contributed by atoms with E-state index < -0.39 is 10.0 Å². The maximum atomic E-state index is 12.2. The number of rotatable bonds is 10. The number of hydrogen-bond donors (Lipinski definition) is 1. The van der Waals surface area contributed by atoms with Crippen LogP contribution in [0.2, 0.25) is 5.02 Å². The van der Waals surface area contributed by atoms with Crippen molar-refractivity contribution in [2.45, 2.75) is 19.8 Å². The van der Waals surface area contributed by atoms with Crippen LogP contribution in [0.25, 0.3) is 0 Å². The highest BCUT2D eigenvalue weighted by Gasteiger charge is 2.19. The van der Waals surface area contributed by atoms with Crippen LogP contribution in [0.4, 0.5) is 5.69 Å². The quantitative estimate of drug-likeness (QED) is 0.593. The molecule has 0 aromatic heterocycles. The van der Waals surface area contributed by atoms with Crippen molar-refractivity contribution in [1.29, 1.82) is 0 Å². The van der Waals surface area contributed by atoms with Crippen LogP contribution < -0.4 is 14.4 Å². The van der Waals surface area contributed by atoms with Gasteiger partial charge in [0.25, 0.3) is 0 Å². The number of halogens is 1. The highest BCUT2D eigenvalue weighted by molar-refractivity contribution is 7.92. The number of nitrogens with zero attached hydrogens (tertiary/aromatic N) is 1. The molecule has 1 N–H and O–H groups in total. The van der Waals surface area contributed by atoms with Crippen molar-refractivity contribution in [3.63, 3.8) is 0 Å². The molecule has 1 amide bonds. The van der Waals surface area contributed by atoms with Crippen molar-refractivity contribution in [1.82, 2.24) is 5.32 Å². The lowest BCUT2D eigenvalue weighted by atomic mass is 10.2. The number of amides is 1. The summed E-state index contributed by atoms with van der Waals surface area (Å²) < 4.78 is 31.2. The SMILES string of the molecule is Cc1ccc(Cl)cc1N(CCCC(=O)NCCOc1ccccc1)S(C)(=O)=O. The van der Waals surface area contributed by atoms with Crippen molar-refractivity contribution in [3.8, 4) is 5.75 Å². The first-order chi connectivity index (χ1) is 13.3. The van der Waals surface area contributed by atoms with Gasteiger partial charge in [0.2, 0.25) is 15.9 Å². The van der Waals surface area contributed by atoms with Gasteiger partial charge >= 0.3 is 0 Å². The molecule has 0 heterocycles. The van der Waals surface area contributed by atoms with E-state index in [4.69, 9.17) is 16.3 Å². The molecule has 2 aromatic carbocycles. The van der Waals surface area contributed by atoms with Crippen LogP contribution in [0.1, 0.15) is 18.4 Å². The van der Waals surface area contributed by atoms with Crippen molar-refractivity contribution < 1.29 is 17.9 Å². The summed E-state index contributed by atoms with van der Waals surface area (Å²) in [5, 5.41) is 3.24. The van der Waals surface area contributed by atoms with Crippen LogP contribution in [0, 0.1) is 6.92 Å². The van der Waals surface area contributed by atoms with Gasteiger partial charge in [-0.25, -0.2) is 8.42 Å². The number of hydrogen-bond acceptors (Lipinski definition) is 4. The molecule has 0 atom stereocenters. The largest absolute Gasteiger partial charge is 0.492 e. The minimum absolute atomic E-state index is 0.145. The lowest BCUT2D eigenvalue weighted by Gasteiger charge is -2.24. The molecule has 0 aliphatic rings. The van der Waals surface area contributed by atoms with Crippen LogP contribution in [0.3, 0.4) is 0 Å². The fourth-order valence-electron chi connectivity index (χ4n) is 2.66. The zero-order chi connectivity index (χ0) is 20.6. The van der Waals surface area contributed by atoms with Gasteiger partial charge in [0.15, 0.2) is 0 Å². The number of anilines is 1. The second-order valence-corrected chi connectivity index (χ2v) is 8.72. The van der Waals surface area contributed by atoms with E-state index >= 15 is 0 Å². The Morgan fingerprint density at radius 1 is 1.18 bits per heavy atom. The second kappa shape index (κ2) is 10.3. The van der Waals surface area contributed by atoms with Crippen LogP contribution >= 0.6 is 11.6 Å². The molecule has 2 rings (SSSR count). The van der Waals surface area contributed by atoms with Gasteiger partial charge in [-0.3, -0.25) is 9.10 Å². The fraction of sp³-hybridized carbons (Fsp3) is 0.350. The summed E-state index contributed by atoms with van der Waals surface area (Å²) in [5.74, 6) is 0.602. The second-order valence-electron chi connectivity index (χ2n) is 6.38. The minimum Gasteiger partial charge on any atom is -0.492 e. The summed E-state index contributed by atoms with van der Waals surface area (Å²) in [6, 6.07) is 14.5. The Hall–Kier alpha value is -2.25. The Labute approximate surface area is 171 Å². The van der Waals surface area contributed by atoms with E-state index in [1.807, 2.05) is 37.3 Å². The van der Waals surface area contributed by atoms with E-state index in [0.717, 1.165) is 17.6 Å². The van der Waals surface area contributed by atoms with Crippen molar-refractivity contribution in [2.75, 3.05) is 30.3 Å². The molecule has 28 heavy (non-hydrogen) atoms. The number of sulfonamides is 1. The molecule has 6 nitrogen and oxygen atoms in total. The molecular formula is C20H25ClN2O4S. The standard InChI is InChI=1S/C20H25ClN2O4S/c1-16-10-11-17(21)15-19(16)23(28(2,25)26)13-6-9-20(24)22-12-14-27-18-7-4-3-5-8-18/h3-5,7-8,10-11,15H,6,9,12-14H2,1-2H3,(H,22,24). The predicted octanol–water partition coefficient (Wildman–Crippen LogP) is 3.39. The van der Waals surface area contributed by atoms with Gasteiger partial charge in [-0.1, -0.05) is 35.9 Å². The highest BCUT2D eigenvalue weighted by Crippen LogP contribution is 2.26. The van der Waals surface area contributed by atoms with E-state index in [2.05, 4.69) is 5.32 Å². The maximum Gasteiger partial charge on any atom is 0.232 e. The molecule has 0 spiro atoms. The van der Waals surface area contributed by atoms with Gasteiger partial charge < -0.3 is 10.1 Å². The maximum absolute atomic E-state index is 12.2. The van der Waals surface area contributed by atoms with Gasteiger partial charge in [0.05, 0.1) is 18.5 Å². The first-order valence-corrected chi connectivity index (χ1v) is 11.2. The first-order valence-electron chi connectivity index (χ1n) is 8.96. The van der Waals surface area contributed by atoms with Gasteiger partial charge in [0, 0.05) is 18.0 Å². The van der Waals surface area contributed by atoms with E-state index in [1.165, 1.54) is 4.31 Å². The molecule has 152 valence electrons. The average Bonchev–Trinajstić information content (AvgIpc) is 2.64. The zero-order valence-corrected chi connectivity index (χ0v) is 17.6. The molecular weight excluding hydrogens is 400 g/mol. The van der Waals surface area contributed by atoms with Crippen molar-refractivity contribution in [2.24, 2.45) is 0 Å². The normalized spacial score (nSPS) is 11.1. The molecule has 8 heteroatoms. The summed E-state index contributed by atoms with van der Waals surface area (Å²) in [6.45, 7) is 2.78. The number of carbonyl (C=O) groups excluding carboxylic acids is 1. The zero-order valence-electron chi connectivity index (χ0n) is 16.0. The average molecular weight is 425 g/mol. The van der Waals surface area contributed by atoms with Crippen LogP contribution in [-0.2, 0) is 14.8 Å². The molecule has 0 aliphatic carbocycles. The number of nitrogens with one attached hydrogen (secondary N) is 1. The fourth-order valence-corrected chi connectivity index (χ4v) is 3.84. The molecule has 0 saturated carbocycles. The lowest BCUT2D eigenvalue weighted by Crippen LogP contribution is -2.33. The van der Waals surface area contributed by atoms with Gasteiger partial charge in [-0.05, 0) is 43.2 Å². The molecule has 0 bridgehead atoms. The first kappa shape index (κ1) is 22.0. The van der Waals surface area contributed by atoms with Crippen LogP contribution in [-0.4, -0.2) is 40.3 Å². The number of aryl methyl sites for hydroxylation is 1. The van der Waals surface area contributed by atoms with E-state index in [-0.39, 0.29) is 18.9 Å². The monoisotopic (exact) mass is 424 g/mol. The van der Waals surface area contributed by atoms with Crippen molar-refractivity contribution >= 4 is 33.2 Å². The molecule has 0 unspecified atom stereocenters. The van der Waals surface area contributed by atoms with Crippen LogP contribution in [0.5, 0.6) is 5.75 Å². The Morgan fingerprint density at radius 2 is 1.89 bits per heavy atom. The summed E-state index contributed by atoms with van der Waals surface area (Å²) in [5.41, 5.74) is 1.34. The molecule has 0 radical (unpaired) electrons. The Morgan fingerprint density at radius 3 is 2.57 bits per heavy atom. The Bertz CT molecular complexity index is 888. The third kappa shape index (κ3) is 7.05. The summed E-state index contributed by atoms with van der Waals surface area (Å²) in [6.07, 6.45) is 1.76. The molecule has 0 fully saturated rings. The number of carbonyl (C=O) groups is 1. The minimum atomic E-state index is -3.48. The predicted molar refractivity (Wildman–Crippen MR) is 113 cm³/mol. The Kier molecular flexibility index (Phi) is 8.14. The summed E-state index contributed by atoms with van der Waals surface area (Å²) in [7, 11) is -3.48. The molecule has 2 aromatic rings. The molecule has 0 saturated heterocycles. The number of ether oxygens (including phenoxy) is 1. The topological polar surface area (TPSA) is 75.7 Å². The Balaban J connectivity index is 1.80. The third-order valence-electron chi connectivity index (χ3n) is 4.04. The van der Waals surface area contributed by atoms with Gasteiger partial charge in [-0.15, -0.1) is 0 Å². The van der Waals surface area contributed by atoms with Crippen molar-refractivity contribution in [3.05, 3.63) is 59.1 Å². The van der Waals surface area contributed by atoms with Crippen LogP contribution in [0.15, 0.2) is 48.5 Å². The summed E-state index contributed by atoms with van der Waals surface area (Å²) >= 11 is 6.01. The number of para-hydroxylation sites is 1. The van der Waals surface area contributed by atoms with E-state index in [9.17, 15) is 13.2 Å². The summed E-state index contributed by atoms with van der Waals surface area (Å²) in [4.78, 5) is 12.0. The number of benzene rings is 2. The smallest absolute Gasteiger partial charge is 0.232 e. The molecule has 0 aliphatic heterocycles. The van der Waals surface area contributed by atoms with Gasteiger partial charge in [-0.2, -0.15) is 0 Å². The highest BCUT2D eigenvalue weighted by atomic mass is 35.5. The van der Waals surface area contributed by atoms with E-state index in [0.29, 0.717) is 30.3 Å². The third-order valence-corrected chi connectivity index (χ3v) is 5.46.